The highest BCUT2D eigenvalue weighted by Crippen LogP contribution is 2.25. The van der Waals surface area contributed by atoms with Gasteiger partial charge >= 0.3 is 6.01 Å². The van der Waals surface area contributed by atoms with Crippen LogP contribution in [0.1, 0.15) is 28.8 Å². The fraction of sp³-hybridized carbons (Fsp3) is 0.421. The van der Waals surface area contributed by atoms with Crippen LogP contribution in [0.3, 0.4) is 0 Å². The van der Waals surface area contributed by atoms with Gasteiger partial charge in [0.05, 0.1) is 19.2 Å². The number of para-hydroxylation sites is 1. The first-order chi connectivity index (χ1) is 12.5. The average Bonchev–Trinajstić information content (AvgIpc) is 2.67. The second kappa shape index (κ2) is 7.70. The number of aryl methyl sites for hydroxylation is 1. The quantitative estimate of drug-likeness (QED) is 0.879. The molecule has 1 amide bonds. The minimum absolute atomic E-state index is 0.140. The van der Waals surface area contributed by atoms with Crippen LogP contribution in [0.15, 0.2) is 36.7 Å². The third kappa shape index (κ3) is 4.11. The minimum Gasteiger partial charge on any atom is -0.490 e. The zero-order valence-electron chi connectivity index (χ0n) is 15.0. The number of hydrogen-bond acceptors (Lipinski definition) is 6. The molecule has 1 N–H and O–H groups in total. The van der Waals surface area contributed by atoms with Crippen molar-refractivity contribution in [2.75, 3.05) is 26.8 Å². The third-order valence-electron chi connectivity index (χ3n) is 4.49. The second-order valence-corrected chi connectivity index (χ2v) is 6.57. The number of nitrogens with zero attached hydrogens (tertiary/aromatic N) is 3. The maximum atomic E-state index is 12.7. The van der Waals surface area contributed by atoms with Gasteiger partial charge in [0.1, 0.15) is 18.0 Å². The molecule has 7 nitrogen and oxygen atoms in total. The number of carbonyl (C=O) groups is 1. The van der Waals surface area contributed by atoms with Crippen molar-refractivity contribution in [1.29, 1.82) is 0 Å². The topological polar surface area (TPSA) is 84.8 Å². The van der Waals surface area contributed by atoms with E-state index in [2.05, 4.69) is 9.97 Å². The van der Waals surface area contributed by atoms with Crippen molar-refractivity contribution in [1.82, 2.24) is 14.9 Å². The molecule has 0 radical (unpaired) electrons. The maximum Gasteiger partial charge on any atom is 0.316 e. The Balaban J connectivity index is 1.65. The van der Waals surface area contributed by atoms with E-state index in [0.29, 0.717) is 24.9 Å². The molecule has 3 rings (SSSR count). The number of piperidine rings is 1. The molecule has 1 aliphatic rings. The van der Waals surface area contributed by atoms with Crippen molar-refractivity contribution in [3.63, 3.8) is 0 Å². The summed E-state index contributed by atoms with van der Waals surface area (Å²) in [6.45, 7) is 2.89. The number of amides is 1. The van der Waals surface area contributed by atoms with Crippen LogP contribution in [0.5, 0.6) is 11.8 Å². The van der Waals surface area contributed by atoms with Crippen LogP contribution in [0, 0.1) is 6.92 Å². The zero-order chi connectivity index (χ0) is 18.6. The van der Waals surface area contributed by atoms with Crippen LogP contribution in [-0.2, 0) is 0 Å². The largest absolute Gasteiger partial charge is 0.490 e. The molecule has 0 unspecified atom stereocenters. The highest BCUT2D eigenvalue weighted by atomic mass is 16.5. The standard InChI is InChI=1S/C19H23N3O4/c1-14-6-3-4-7-16(14)26-13-19(24)8-5-9-22(12-19)17(23)15-10-20-18(25-2)21-11-15/h3-4,6-7,10-11,24H,5,8-9,12-13H2,1-2H3/t19-/m0/s1. The predicted octanol–water partition coefficient (Wildman–Crippen LogP) is 1.84. The normalized spacial score (nSPS) is 19.9. The Labute approximate surface area is 152 Å². The number of β-amino-alcohol motifs (C(OH)–C–C–N with tert-alkyl or cyclic N) is 1. The SMILES string of the molecule is COc1ncc(C(=O)N2CCC[C@@](O)(COc3ccccc3C)C2)cn1. The number of hydrogen-bond donors (Lipinski definition) is 1. The molecule has 0 spiro atoms. The van der Waals surface area contributed by atoms with Gasteiger partial charge in [-0.2, -0.15) is 0 Å². The number of ether oxygens (including phenoxy) is 2. The Bertz CT molecular complexity index is 766. The molecular formula is C19H23N3O4. The van der Waals surface area contributed by atoms with Gasteiger partial charge in [-0.25, -0.2) is 9.97 Å². The van der Waals surface area contributed by atoms with Gasteiger partial charge in [0.2, 0.25) is 0 Å². The zero-order valence-corrected chi connectivity index (χ0v) is 15.0. The molecule has 138 valence electrons. The van der Waals surface area contributed by atoms with E-state index >= 15 is 0 Å². The van der Waals surface area contributed by atoms with Gasteiger partial charge in [0.25, 0.3) is 5.91 Å². The molecule has 2 aromatic rings. The predicted molar refractivity (Wildman–Crippen MR) is 95.3 cm³/mol. The first-order valence-electron chi connectivity index (χ1n) is 8.57. The van der Waals surface area contributed by atoms with Gasteiger partial charge in [-0.15, -0.1) is 0 Å². The molecular weight excluding hydrogens is 334 g/mol. The lowest BCUT2D eigenvalue weighted by Crippen LogP contribution is -2.53. The van der Waals surface area contributed by atoms with Crippen molar-refractivity contribution >= 4 is 5.91 Å². The Morgan fingerprint density at radius 2 is 2.04 bits per heavy atom. The highest BCUT2D eigenvalue weighted by molar-refractivity contribution is 5.93. The lowest BCUT2D eigenvalue weighted by Gasteiger charge is -2.39. The van der Waals surface area contributed by atoms with E-state index < -0.39 is 5.60 Å². The first kappa shape index (κ1) is 18.1. The van der Waals surface area contributed by atoms with Crippen molar-refractivity contribution in [2.45, 2.75) is 25.4 Å². The molecule has 0 saturated carbocycles. The minimum atomic E-state index is -1.08. The van der Waals surface area contributed by atoms with E-state index in [0.717, 1.165) is 11.3 Å². The van der Waals surface area contributed by atoms with Gasteiger partial charge in [0.15, 0.2) is 0 Å². The second-order valence-electron chi connectivity index (χ2n) is 6.57. The Morgan fingerprint density at radius 1 is 1.31 bits per heavy atom. The summed E-state index contributed by atoms with van der Waals surface area (Å²) in [5.74, 6) is 0.537. The van der Waals surface area contributed by atoms with Gasteiger partial charge in [0, 0.05) is 18.9 Å². The van der Waals surface area contributed by atoms with Crippen molar-refractivity contribution in [2.24, 2.45) is 0 Å². The molecule has 0 aliphatic carbocycles. The number of likely N-dealkylation sites (tertiary alicyclic amines) is 1. The Kier molecular flexibility index (Phi) is 5.37. The summed E-state index contributed by atoms with van der Waals surface area (Å²) in [5.41, 5.74) is 0.300. The molecule has 7 heteroatoms. The van der Waals surface area contributed by atoms with Crippen LogP contribution < -0.4 is 9.47 Å². The summed E-state index contributed by atoms with van der Waals surface area (Å²) in [7, 11) is 1.47. The summed E-state index contributed by atoms with van der Waals surface area (Å²) in [6, 6.07) is 7.88. The van der Waals surface area contributed by atoms with Crippen LogP contribution in [-0.4, -0.2) is 58.3 Å². The van der Waals surface area contributed by atoms with E-state index in [4.69, 9.17) is 9.47 Å². The molecule has 1 fully saturated rings. The third-order valence-corrected chi connectivity index (χ3v) is 4.49. The first-order valence-corrected chi connectivity index (χ1v) is 8.57. The van der Waals surface area contributed by atoms with Gasteiger partial charge < -0.3 is 19.5 Å². The van der Waals surface area contributed by atoms with Crippen LogP contribution in [0.2, 0.25) is 0 Å². The smallest absolute Gasteiger partial charge is 0.316 e. The van der Waals surface area contributed by atoms with E-state index in [9.17, 15) is 9.90 Å². The average molecular weight is 357 g/mol. The fourth-order valence-corrected chi connectivity index (χ4v) is 3.05. The Hall–Kier alpha value is -2.67. The molecule has 26 heavy (non-hydrogen) atoms. The van der Waals surface area contributed by atoms with Crippen molar-refractivity contribution < 1.29 is 19.4 Å². The van der Waals surface area contributed by atoms with Gasteiger partial charge in [-0.3, -0.25) is 4.79 Å². The molecule has 1 aromatic carbocycles. The maximum absolute atomic E-state index is 12.7. The summed E-state index contributed by atoms with van der Waals surface area (Å²) in [5, 5.41) is 10.9. The number of methoxy groups -OCH3 is 1. The number of benzene rings is 1. The molecule has 0 bridgehead atoms. The van der Waals surface area contributed by atoms with E-state index in [1.807, 2.05) is 31.2 Å². The number of aliphatic hydroxyl groups is 1. The molecule has 1 atom stereocenters. The number of rotatable bonds is 5. The van der Waals surface area contributed by atoms with E-state index in [1.54, 1.807) is 4.90 Å². The number of aromatic nitrogens is 2. The van der Waals surface area contributed by atoms with Crippen molar-refractivity contribution in [3.8, 4) is 11.8 Å². The monoisotopic (exact) mass is 357 g/mol. The van der Waals surface area contributed by atoms with E-state index in [-0.39, 0.29) is 25.1 Å². The lowest BCUT2D eigenvalue weighted by molar-refractivity contribution is -0.0533. The lowest BCUT2D eigenvalue weighted by atomic mass is 9.93. The summed E-state index contributed by atoms with van der Waals surface area (Å²) < 4.78 is 10.7. The van der Waals surface area contributed by atoms with Crippen LogP contribution in [0.4, 0.5) is 0 Å². The Morgan fingerprint density at radius 3 is 2.73 bits per heavy atom. The van der Waals surface area contributed by atoms with Crippen molar-refractivity contribution in [3.05, 3.63) is 47.8 Å². The van der Waals surface area contributed by atoms with Gasteiger partial charge in [-0.05, 0) is 31.4 Å². The molecule has 2 heterocycles. The van der Waals surface area contributed by atoms with E-state index in [1.165, 1.54) is 19.5 Å². The van der Waals surface area contributed by atoms with Crippen LogP contribution in [0.25, 0.3) is 0 Å². The van der Waals surface area contributed by atoms with Crippen LogP contribution >= 0.6 is 0 Å². The summed E-state index contributed by atoms with van der Waals surface area (Å²) >= 11 is 0. The molecule has 1 saturated heterocycles. The molecule has 1 aromatic heterocycles. The summed E-state index contributed by atoms with van der Waals surface area (Å²) in [6.07, 6.45) is 4.16. The summed E-state index contributed by atoms with van der Waals surface area (Å²) in [4.78, 5) is 22.2. The number of carbonyl (C=O) groups excluding carboxylic acids is 1. The van der Waals surface area contributed by atoms with Gasteiger partial charge in [-0.1, -0.05) is 18.2 Å². The highest BCUT2D eigenvalue weighted by Gasteiger charge is 2.36. The fourth-order valence-electron chi connectivity index (χ4n) is 3.05. The molecule has 1 aliphatic heterocycles.